The summed E-state index contributed by atoms with van der Waals surface area (Å²) in [5, 5.41) is 0.671. The minimum atomic E-state index is -3.97. The van der Waals surface area contributed by atoms with Gasteiger partial charge in [-0.2, -0.15) is 4.79 Å². The number of para-hydroxylation sites is 1. The molecule has 0 saturated carbocycles. The van der Waals surface area contributed by atoms with Crippen molar-refractivity contribution in [2.75, 3.05) is 13.7 Å². The SMILES string of the molecule is CCN(Cc1cc2ccccc2n1S(=O)(=O)c1ccccc1)C(=O)C(=[N+]=[N-])C(=O)OC. The molecule has 0 bridgehead atoms. The van der Waals surface area contributed by atoms with Crippen LogP contribution in [-0.4, -0.2) is 53.3 Å². The number of hydrogen-bond donors (Lipinski definition) is 0. The summed E-state index contributed by atoms with van der Waals surface area (Å²) in [5.41, 5.74) is 9.06. The molecule has 31 heavy (non-hydrogen) atoms. The van der Waals surface area contributed by atoms with Gasteiger partial charge in [0.1, 0.15) is 0 Å². The summed E-state index contributed by atoms with van der Waals surface area (Å²) < 4.78 is 32.5. The third kappa shape index (κ3) is 4.11. The van der Waals surface area contributed by atoms with Crippen LogP contribution in [0.3, 0.4) is 0 Å². The second-order valence-electron chi connectivity index (χ2n) is 6.54. The van der Waals surface area contributed by atoms with Gasteiger partial charge in [0.2, 0.25) is 0 Å². The highest BCUT2D eigenvalue weighted by molar-refractivity contribution is 7.90. The number of esters is 1. The molecule has 0 fully saturated rings. The number of nitrogens with zero attached hydrogens (tertiary/aromatic N) is 4. The normalized spacial score (nSPS) is 11.0. The Bertz CT molecular complexity index is 1290. The molecule has 0 aliphatic rings. The fourth-order valence-electron chi connectivity index (χ4n) is 3.22. The maximum atomic E-state index is 13.4. The monoisotopic (exact) mass is 440 g/mol. The van der Waals surface area contributed by atoms with Gasteiger partial charge in [-0.25, -0.2) is 17.2 Å². The lowest BCUT2D eigenvalue weighted by Crippen LogP contribution is -2.41. The smallest absolute Gasteiger partial charge is 0.460 e. The second kappa shape index (κ2) is 8.95. The number of benzene rings is 2. The number of hydrogen-bond acceptors (Lipinski definition) is 5. The second-order valence-corrected chi connectivity index (χ2v) is 8.32. The quantitative estimate of drug-likeness (QED) is 0.183. The summed E-state index contributed by atoms with van der Waals surface area (Å²) in [6.07, 6.45) is 0. The van der Waals surface area contributed by atoms with Crippen LogP contribution in [0.5, 0.6) is 0 Å². The lowest BCUT2D eigenvalue weighted by atomic mass is 10.2. The number of rotatable bonds is 7. The van der Waals surface area contributed by atoms with Crippen LogP contribution >= 0.6 is 0 Å². The zero-order valence-electron chi connectivity index (χ0n) is 16.9. The van der Waals surface area contributed by atoms with E-state index in [1.807, 2.05) is 0 Å². The maximum Gasteiger partial charge on any atom is 0.463 e. The van der Waals surface area contributed by atoms with Gasteiger partial charge < -0.3 is 15.2 Å². The third-order valence-electron chi connectivity index (χ3n) is 4.72. The van der Waals surface area contributed by atoms with Crippen LogP contribution in [0.1, 0.15) is 12.6 Å². The first-order valence-corrected chi connectivity index (χ1v) is 10.8. The number of aromatic nitrogens is 1. The van der Waals surface area contributed by atoms with Crippen LogP contribution in [0, 0.1) is 0 Å². The summed E-state index contributed by atoms with van der Waals surface area (Å²) in [6, 6.07) is 16.6. The lowest BCUT2D eigenvalue weighted by molar-refractivity contribution is -0.142. The van der Waals surface area contributed by atoms with Crippen molar-refractivity contribution < 1.29 is 27.5 Å². The average molecular weight is 440 g/mol. The van der Waals surface area contributed by atoms with Gasteiger partial charge in [-0.15, -0.1) is 0 Å². The van der Waals surface area contributed by atoms with Crippen LogP contribution in [-0.2, 0) is 30.9 Å². The Morgan fingerprint density at radius 2 is 1.74 bits per heavy atom. The van der Waals surface area contributed by atoms with Crippen molar-refractivity contribution in [3.8, 4) is 0 Å². The van der Waals surface area contributed by atoms with Gasteiger partial charge in [-0.1, -0.05) is 36.4 Å². The number of fused-ring (bicyclic) bond motifs is 1. The zero-order chi connectivity index (χ0) is 22.6. The lowest BCUT2D eigenvalue weighted by Gasteiger charge is -2.20. The Kier molecular flexibility index (Phi) is 6.33. The Morgan fingerprint density at radius 1 is 1.10 bits per heavy atom. The van der Waals surface area contributed by atoms with Gasteiger partial charge >= 0.3 is 17.6 Å². The molecule has 0 aliphatic heterocycles. The maximum absolute atomic E-state index is 13.4. The van der Waals surface area contributed by atoms with E-state index in [-0.39, 0.29) is 18.0 Å². The van der Waals surface area contributed by atoms with Gasteiger partial charge in [0, 0.05) is 11.9 Å². The molecular formula is C21H20N4O5S. The van der Waals surface area contributed by atoms with E-state index < -0.39 is 27.6 Å². The zero-order valence-corrected chi connectivity index (χ0v) is 17.7. The molecule has 0 saturated heterocycles. The molecule has 0 radical (unpaired) electrons. The number of methoxy groups -OCH3 is 1. The third-order valence-corrected chi connectivity index (χ3v) is 6.50. The Hall–Kier alpha value is -3.75. The highest BCUT2D eigenvalue weighted by atomic mass is 32.2. The molecule has 1 amide bonds. The molecule has 10 heteroatoms. The predicted molar refractivity (Wildman–Crippen MR) is 113 cm³/mol. The van der Waals surface area contributed by atoms with E-state index in [0.717, 1.165) is 7.11 Å². The summed E-state index contributed by atoms with van der Waals surface area (Å²) in [6.45, 7) is 1.64. The van der Waals surface area contributed by atoms with E-state index in [1.165, 1.54) is 21.0 Å². The van der Waals surface area contributed by atoms with Crippen LogP contribution in [0.2, 0.25) is 0 Å². The molecule has 1 heterocycles. The number of ether oxygens (including phenoxy) is 1. The van der Waals surface area contributed by atoms with E-state index in [2.05, 4.69) is 9.53 Å². The van der Waals surface area contributed by atoms with Gasteiger partial charge in [0.05, 0.1) is 29.8 Å². The van der Waals surface area contributed by atoms with Crippen LogP contribution in [0.15, 0.2) is 65.6 Å². The highest BCUT2D eigenvalue weighted by Crippen LogP contribution is 2.26. The van der Waals surface area contributed by atoms with Crippen molar-refractivity contribution >= 4 is 38.5 Å². The summed E-state index contributed by atoms with van der Waals surface area (Å²) >= 11 is 0. The summed E-state index contributed by atoms with van der Waals surface area (Å²) in [4.78, 5) is 28.5. The van der Waals surface area contributed by atoms with Crippen LogP contribution in [0.25, 0.3) is 16.4 Å². The van der Waals surface area contributed by atoms with Crippen molar-refractivity contribution in [2.24, 2.45) is 0 Å². The van der Waals surface area contributed by atoms with E-state index in [4.69, 9.17) is 5.53 Å². The Labute approximate surface area is 179 Å². The van der Waals surface area contributed by atoms with E-state index >= 15 is 0 Å². The molecule has 9 nitrogen and oxygen atoms in total. The first-order chi connectivity index (χ1) is 14.8. The van der Waals surface area contributed by atoms with E-state index in [1.54, 1.807) is 55.5 Å². The molecule has 0 spiro atoms. The van der Waals surface area contributed by atoms with Crippen molar-refractivity contribution in [1.29, 1.82) is 0 Å². The van der Waals surface area contributed by atoms with Gasteiger partial charge in [0.25, 0.3) is 10.0 Å². The molecular weight excluding hydrogens is 420 g/mol. The standard InChI is InChI=1S/C21H20N4O5S/c1-3-24(20(26)19(23-22)21(27)30-2)14-16-13-15-9-7-8-12-18(15)25(16)31(28,29)17-10-5-4-6-11-17/h4-13H,3,14H2,1-2H3. The molecule has 0 unspecified atom stereocenters. The molecule has 3 aromatic rings. The summed E-state index contributed by atoms with van der Waals surface area (Å²) in [7, 11) is -2.91. The molecule has 0 N–H and O–H groups in total. The van der Waals surface area contributed by atoms with Gasteiger partial charge in [0.15, 0.2) is 0 Å². The molecule has 0 aliphatic carbocycles. The Balaban J connectivity index is 2.13. The van der Waals surface area contributed by atoms with Crippen molar-refractivity contribution in [3.05, 3.63) is 71.9 Å². The largest absolute Gasteiger partial charge is 0.463 e. The van der Waals surface area contributed by atoms with Crippen molar-refractivity contribution in [2.45, 2.75) is 18.4 Å². The molecule has 3 rings (SSSR count). The molecule has 1 aromatic heterocycles. The topological polar surface area (TPSA) is 122 Å². The molecule has 2 aromatic carbocycles. The minimum absolute atomic E-state index is 0.0964. The first-order valence-electron chi connectivity index (χ1n) is 9.34. The van der Waals surface area contributed by atoms with Crippen LogP contribution in [0.4, 0.5) is 0 Å². The van der Waals surface area contributed by atoms with Gasteiger partial charge in [-0.05, 0) is 31.2 Å². The van der Waals surface area contributed by atoms with E-state index in [9.17, 15) is 18.0 Å². The van der Waals surface area contributed by atoms with Crippen molar-refractivity contribution in [3.63, 3.8) is 0 Å². The predicted octanol–water partition coefficient (Wildman–Crippen LogP) is 2.07. The fourth-order valence-corrected chi connectivity index (χ4v) is 4.78. The molecule has 160 valence electrons. The molecule has 0 atom stereocenters. The summed E-state index contributed by atoms with van der Waals surface area (Å²) in [5.74, 6) is -1.98. The van der Waals surface area contributed by atoms with Crippen LogP contribution < -0.4 is 0 Å². The highest BCUT2D eigenvalue weighted by Gasteiger charge is 2.35. The number of carbonyl (C=O) groups is 2. The van der Waals surface area contributed by atoms with Gasteiger partial charge in [-0.3, -0.25) is 4.79 Å². The Morgan fingerprint density at radius 3 is 2.35 bits per heavy atom. The minimum Gasteiger partial charge on any atom is -0.460 e. The number of carbonyl (C=O) groups excluding carboxylic acids is 2. The van der Waals surface area contributed by atoms with E-state index in [0.29, 0.717) is 16.6 Å². The first kappa shape index (κ1) is 21.9. The van der Waals surface area contributed by atoms with Crippen molar-refractivity contribution in [1.82, 2.24) is 8.87 Å². The number of amides is 1. The average Bonchev–Trinajstić information content (AvgIpc) is 3.17. The fraction of sp³-hybridized carbons (Fsp3) is 0.190.